The van der Waals surface area contributed by atoms with E-state index in [1.165, 1.54) is 44.9 Å². The average molecular weight is 801 g/mol. The average Bonchev–Trinajstić information content (AvgIpc) is 3.11. The normalized spacial score (nSPS) is 22.1. The summed E-state index contributed by atoms with van der Waals surface area (Å²) in [6, 6.07) is 0. The maximum atomic E-state index is 12.8. The van der Waals surface area contributed by atoms with Crippen molar-refractivity contribution < 1.29 is 76.9 Å². The van der Waals surface area contributed by atoms with Crippen LogP contribution in [0.1, 0.15) is 96.8 Å². The Labute approximate surface area is 316 Å². The molecule has 0 heterocycles. The zero-order chi connectivity index (χ0) is 40.4. The third kappa shape index (κ3) is 22.2. The zero-order valence-electron chi connectivity index (χ0n) is 30.1. The number of rotatable bonds is 24. The number of terminal acetylenes is 1. The molecule has 0 aromatic rings. The van der Waals surface area contributed by atoms with Gasteiger partial charge in [-0.2, -0.15) is 0 Å². The number of phosphoric acid groups is 2. The molecule has 1 fully saturated rings. The van der Waals surface area contributed by atoms with E-state index in [2.05, 4.69) is 58.8 Å². The second-order valence-corrected chi connectivity index (χ2v) is 14.8. The van der Waals surface area contributed by atoms with Gasteiger partial charge in [-0.15, -0.1) is 6.42 Å². The van der Waals surface area contributed by atoms with Crippen LogP contribution in [0.15, 0.2) is 0 Å². The summed E-state index contributed by atoms with van der Waals surface area (Å²) in [5.41, 5.74) is 0. The van der Waals surface area contributed by atoms with Crippen molar-refractivity contribution in [1.29, 1.82) is 0 Å². The van der Waals surface area contributed by atoms with Gasteiger partial charge in [0.05, 0.1) is 6.61 Å². The van der Waals surface area contributed by atoms with Crippen molar-refractivity contribution in [2.45, 2.75) is 140 Å². The SMILES string of the molecule is C#CC#CC#CC#CC#CC(=O)OC[C@@H](COP(=O)(O)OC1C(O)C(O)C(OP(=O)(O)O)C(O)[C@@H]1O)OC(=O)CCCCCCCCCCCCCCC. The van der Waals surface area contributed by atoms with Crippen molar-refractivity contribution in [3.8, 4) is 59.7 Å². The summed E-state index contributed by atoms with van der Waals surface area (Å²) in [4.78, 5) is 53.0. The highest BCUT2D eigenvalue weighted by atomic mass is 31.2. The summed E-state index contributed by atoms with van der Waals surface area (Å²) in [6.45, 7) is 0.557. The van der Waals surface area contributed by atoms with Gasteiger partial charge in [0.15, 0.2) is 6.10 Å². The first kappa shape index (κ1) is 48.8. The Morgan fingerprint density at radius 2 is 1.09 bits per heavy atom. The molecule has 1 saturated carbocycles. The van der Waals surface area contributed by atoms with Crippen LogP contribution in [0.25, 0.3) is 0 Å². The number of phosphoric ester groups is 2. The molecule has 8 atom stereocenters. The highest BCUT2D eigenvalue weighted by molar-refractivity contribution is 7.47. The first-order valence-corrected chi connectivity index (χ1v) is 20.6. The number of esters is 2. The molecule has 7 N–H and O–H groups in total. The third-order valence-corrected chi connectivity index (χ3v) is 9.28. The van der Waals surface area contributed by atoms with Crippen LogP contribution in [0, 0.1) is 59.7 Å². The van der Waals surface area contributed by atoms with Crippen molar-refractivity contribution in [1.82, 2.24) is 0 Å². The lowest BCUT2D eigenvalue weighted by Crippen LogP contribution is -2.64. The Bertz CT molecular complexity index is 1540. The molecule has 0 radical (unpaired) electrons. The topological polar surface area (TPSA) is 256 Å². The molecular formula is C36H50O16P2. The summed E-state index contributed by atoms with van der Waals surface area (Å²) in [5.74, 6) is 18.2. The smallest absolute Gasteiger partial charge is 0.456 e. The number of hydrogen-bond donors (Lipinski definition) is 7. The summed E-state index contributed by atoms with van der Waals surface area (Å²) < 4.78 is 48.1. The van der Waals surface area contributed by atoms with Gasteiger partial charge in [-0.3, -0.25) is 18.4 Å². The molecule has 0 amide bonds. The van der Waals surface area contributed by atoms with E-state index in [0.29, 0.717) is 6.42 Å². The Morgan fingerprint density at radius 1 is 0.648 bits per heavy atom. The van der Waals surface area contributed by atoms with Gasteiger partial charge in [0.1, 0.15) is 43.2 Å². The van der Waals surface area contributed by atoms with Crippen LogP contribution >= 0.6 is 15.6 Å². The van der Waals surface area contributed by atoms with E-state index in [-0.39, 0.29) is 6.42 Å². The maximum Gasteiger partial charge on any atom is 0.472 e. The zero-order valence-corrected chi connectivity index (χ0v) is 31.9. The Hall–Kier alpha value is -3.20. The van der Waals surface area contributed by atoms with Gasteiger partial charge < -0.3 is 44.6 Å². The largest absolute Gasteiger partial charge is 0.472 e. The number of unbranched alkanes of at least 4 members (excludes halogenated alkanes) is 12. The number of ether oxygens (including phenoxy) is 2. The molecule has 1 rings (SSSR count). The number of carbonyl (C=O) groups is 2. The highest BCUT2D eigenvalue weighted by Crippen LogP contribution is 2.48. The van der Waals surface area contributed by atoms with Crippen LogP contribution in [0.5, 0.6) is 0 Å². The molecule has 0 spiro atoms. The van der Waals surface area contributed by atoms with E-state index in [9.17, 15) is 44.0 Å². The lowest BCUT2D eigenvalue weighted by Gasteiger charge is -2.43. The summed E-state index contributed by atoms with van der Waals surface area (Å²) in [6.07, 6.45) is 3.99. The number of carbonyl (C=O) groups excluding carboxylic acids is 2. The molecule has 1 aliphatic carbocycles. The fourth-order valence-electron chi connectivity index (χ4n) is 5.08. The van der Waals surface area contributed by atoms with Crippen molar-refractivity contribution in [3.05, 3.63) is 0 Å². The predicted molar refractivity (Wildman–Crippen MR) is 193 cm³/mol. The van der Waals surface area contributed by atoms with Gasteiger partial charge >= 0.3 is 27.6 Å². The minimum Gasteiger partial charge on any atom is -0.456 e. The van der Waals surface area contributed by atoms with Gasteiger partial charge in [0.25, 0.3) is 0 Å². The van der Waals surface area contributed by atoms with Gasteiger partial charge in [0, 0.05) is 12.3 Å². The molecule has 300 valence electrons. The molecule has 0 aliphatic heterocycles. The number of aliphatic hydroxyl groups is 4. The van der Waals surface area contributed by atoms with Crippen molar-refractivity contribution in [3.63, 3.8) is 0 Å². The second kappa shape index (κ2) is 27.4. The minimum atomic E-state index is -5.33. The summed E-state index contributed by atoms with van der Waals surface area (Å²) in [5, 5.41) is 41.1. The highest BCUT2D eigenvalue weighted by Gasteiger charge is 2.54. The van der Waals surface area contributed by atoms with E-state index in [4.69, 9.17) is 34.7 Å². The van der Waals surface area contributed by atoms with Crippen LogP contribution in [-0.2, 0) is 41.8 Å². The lowest BCUT2D eigenvalue weighted by molar-refractivity contribution is -0.216. The minimum absolute atomic E-state index is 0.0221. The fraction of sp³-hybridized carbons (Fsp3) is 0.667. The standard InChI is InChI=1S/C36H50O16P2/c1-3-5-7-9-11-13-14-15-16-17-19-21-23-25-30(38)50-28(26-48-29(37)24-22-20-18-12-10-8-6-4-2)27-49-54(46,47)52-36-33(41)31(39)35(32(40)34(36)42)51-53(43,44)45/h2,28,31-36,39-42H,3,5,7,9,11,13-17,19,21,23,25-27H2,1H3,(H,46,47)(H2,43,44,45)/t28-,31?,32?,33-,34?,35?,36?/m0/s1. The van der Waals surface area contributed by atoms with E-state index in [1.807, 2.05) is 5.92 Å². The van der Waals surface area contributed by atoms with Crippen LogP contribution in [0.4, 0.5) is 0 Å². The maximum absolute atomic E-state index is 12.8. The molecular weight excluding hydrogens is 750 g/mol. The first-order chi connectivity index (χ1) is 25.6. The number of hydrogen-bond acceptors (Lipinski definition) is 13. The Balaban J connectivity index is 2.77. The van der Waals surface area contributed by atoms with E-state index < -0.39 is 83.5 Å². The monoisotopic (exact) mass is 800 g/mol. The van der Waals surface area contributed by atoms with E-state index >= 15 is 0 Å². The van der Waals surface area contributed by atoms with E-state index in [0.717, 1.165) is 32.1 Å². The Kier molecular flexibility index (Phi) is 24.8. The molecule has 0 saturated heterocycles. The van der Waals surface area contributed by atoms with Crippen LogP contribution in [0.2, 0.25) is 0 Å². The van der Waals surface area contributed by atoms with Gasteiger partial charge in [-0.25, -0.2) is 13.9 Å². The van der Waals surface area contributed by atoms with Gasteiger partial charge in [0.2, 0.25) is 0 Å². The van der Waals surface area contributed by atoms with Crippen molar-refractivity contribution in [2.75, 3.05) is 13.2 Å². The van der Waals surface area contributed by atoms with Crippen LogP contribution in [0.3, 0.4) is 0 Å². The molecule has 16 nitrogen and oxygen atoms in total. The molecule has 0 bridgehead atoms. The lowest BCUT2D eigenvalue weighted by atomic mass is 9.85. The number of aliphatic hydroxyl groups excluding tert-OH is 4. The van der Waals surface area contributed by atoms with Crippen LogP contribution < -0.4 is 0 Å². The molecule has 0 aromatic heterocycles. The summed E-state index contributed by atoms with van der Waals surface area (Å²) in [7, 11) is -10.7. The van der Waals surface area contributed by atoms with Crippen molar-refractivity contribution in [2.24, 2.45) is 0 Å². The van der Waals surface area contributed by atoms with Gasteiger partial charge in [-0.05, 0) is 53.8 Å². The van der Waals surface area contributed by atoms with E-state index in [1.54, 1.807) is 0 Å². The van der Waals surface area contributed by atoms with Gasteiger partial charge in [-0.1, -0.05) is 84.0 Å². The molecule has 1 aliphatic rings. The molecule has 18 heteroatoms. The molecule has 6 unspecified atom stereocenters. The van der Waals surface area contributed by atoms with Crippen molar-refractivity contribution >= 4 is 27.6 Å². The molecule has 54 heavy (non-hydrogen) atoms. The second-order valence-electron chi connectivity index (χ2n) is 12.2. The quantitative estimate of drug-likeness (QED) is 0.0242. The molecule has 0 aromatic carbocycles. The van der Waals surface area contributed by atoms with Crippen LogP contribution in [-0.4, -0.2) is 103 Å². The summed E-state index contributed by atoms with van der Waals surface area (Å²) >= 11 is 0. The third-order valence-electron chi connectivity index (χ3n) is 7.78. The Morgan fingerprint density at radius 3 is 1.57 bits per heavy atom. The first-order valence-electron chi connectivity index (χ1n) is 17.6. The predicted octanol–water partition coefficient (Wildman–Crippen LogP) is 2.01. The fourth-order valence-corrected chi connectivity index (χ4v) is 6.62.